The molecule has 0 bridgehead atoms. The number of hydrogen-bond acceptors (Lipinski definition) is 2. The molecule has 18 heavy (non-hydrogen) atoms. The fourth-order valence-electron chi connectivity index (χ4n) is 1.49. The second-order valence-electron chi connectivity index (χ2n) is 3.73. The zero-order chi connectivity index (χ0) is 12.6. The van der Waals surface area contributed by atoms with E-state index in [4.69, 9.17) is 0 Å². The smallest absolute Gasteiger partial charge is 0.185 e. The van der Waals surface area contributed by atoms with E-state index in [0.29, 0.717) is 5.56 Å². The van der Waals surface area contributed by atoms with Crippen LogP contribution in [0.25, 0.3) is 6.08 Å². The van der Waals surface area contributed by atoms with Gasteiger partial charge in [0, 0.05) is 18.0 Å². The number of pyridine rings is 1. The molecule has 2 rings (SSSR count). The van der Waals surface area contributed by atoms with E-state index in [1.165, 1.54) is 0 Å². The molecule has 0 aliphatic carbocycles. The number of carbonyl (C=O) groups excluding carboxylic acids is 1. The zero-order valence-electron chi connectivity index (χ0n) is 9.86. The summed E-state index contributed by atoms with van der Waals surface area (Å²) >= 11 is 0. The first-order valence-corrected chi connectivity index (χ1v) is 5.70. The summed E-state index contributed by atoms with van der Waals surface area (Å²) in [6.07, 6.45) is 10.3. The molecule has 0 fully saturated rings. The van der Waals surface area contributed by atoms with Gasteiger partial charge >= 0.3 is 0 Å². The van der Waals surface area contributed by atoms with Crippen molar-refractivity contribution >= 4 is 11.9 Å². The maximum atomic E-state index is 11.7. The van der Waals surface area contributed by atoms with Crippen LogP contribution < -0.4 is 0 Å². The largest absolute Gasteiger partial charge is 0.289 e. The Morgan fingerprint density at radius 1 is 0.944 bits per heavy atom. The number of benzene rings is 1. The second-order valence-corrected chi connectivity index (χ2v) is 3.73. The van der Waals surface area contributed by atoms with Crippen LogP contribution in [-0.4, -0.2) is 10.8 Å². The molecule has 0 unspecified atom stereocenters. The molecule has 88 valence electrons. The Labute approximate surface area is 106 Å². The van der Waals surface area contributed by atoms with Crippen LogP contribution in [0.3, 0.4) is 0 Å². The molecule has 0 N–H and O–H groups in total. The molecule has 2 aromatic rings. The van der Waals surface area contributed by atoms with Crippen molar-refractivity contribution in [2.24, 2.45) is 0 Å². The Hall–Kier alpha value is -2.48. The van der Waals surface area contributed by atoms with Gasteiger partial charge in [0.25, 0.3) is 0 Å². The highest BCUT2D eigenvalue weighted by Gasteiger charge is 1.98. The van der Waals surface area contributed by atoms with Gasteiger partial charge in [0.2, 0.25) is 0 Å². The summed E-state index contributed by atoms with van der Waals surface area (Å²) in [5, 5.41) is 0. The predicted octanol–water partition coefficient (Wildman–Crippen LogP) is 3.53. The summed E-state index contributed by atoms with van der Waals surface area (Å²) < 4.78 is 0. The van der Waals surface area contributed by atoms with Crippen LogP contribution in [0.15, 0.2) is 73.1 Å². The molecule has 2 nitrogen and oxygen atoms in total. The third-order valence-corrected chi connectivity index (χ3v) is 2.41. The molecule has 1 heterocycles. The van der Waals surface area contributed by atoms with Crippen molar-refractivity contribution in [3.05, 3.63) is 84.2 Å². The summed E-state index contributed by atoms with van der Waals surface area (Å²) in [6, 6.07) is 13.3. The lowest BCUT2D eigenvalue weighted by Crippen LogP contribution is -1.93. The summed E-state index contributed by atoms with van der Waals surface area (Å²) in [5.41, 5.74) is 1.76. The molecule has 0 spiro atoms. The number of rotatable bonds is 4. The maximum Gasteiger partial charge on any atom is 0.185 e. The van der Waals surface area contributed by atoms with Crippen LogP contribution in [0, 0.1) is 0 Å². The SMILES string of the molecule is O=C(/C=C/C=C/c1ccccc1)c1ccncc1. The van der Waals surface area contributed by atoms with E-state index in [1.54, 1.807) is 36.7 Å². The van der Waals surface area contributed by atoms with Gasteiger partial charge in [-0.1, -0.05) is 48.6 Å². The van der Waals surface area contributed by atoms with Gasteiger partial charge in [0.15, 0.2) is 5.78 Å². The van der Waals surface area contributed by atoms with E-state index < -0.39 is 0 Å². The van der Waals surface area contributed by atoms with E-state index in [0.717, 1.165) is 5.56 Å². The number of carbonyl (C=O) groups is 1. The van der Waals surface area contributed by atoms with Crippen molar-refractivity contribution in [1.82, 2.24) is 4.98 Å². The van der Waals surface area contributed by atoms with E-state index in [-0.39, 0.29) is 5.78 Å². The Morgan fingerprint density at radius 3 is 2.39 bits per heavy atom. The average molecular weight is 235 g/mol. The second kappa shape index (κ2) is 6.30. The van der Waals surface area contributed by atoms with Gasteiger partial charge in [-0.3, -0.25) is 9.78 Å². The van der Waals surface area contributed by atoms with Crippen LogP contribution in [0.5, 0.6) is 0 Å². The minimum atomic E-state index is -0.0184. The van der Waals surface area contributed by atoms with Crippen molar-refractivity contribution in [2.75, 3.05) is 0 Å². The van der Waals surface area contributed by atoms with Gasteiger partial charge in [0.05, 0.1) is 0 Å². The van der Waals surface area contributed by atoms with Crippen molar-refractivity contribution in [1.29, 1.82) is 0 Å². The van der Waals surface area contributed by atoms with Crippen LogP contribution in [-0.2, 0) is 0 Å². The first kappa shape index (κ1) is 12.0. The Kier molecular flexibility index (Phi) is 4.20. The quantitative estimate of drug-likeness (QED) is 0.461. The molecule has 1 aromatic heterocycles. The maximum absolute atomic E-state index is 11.7. The molecule has 0 amide bonds. The Morgan fingerprint density at radius 2 is 1.67 bits per heavy atom. The van der Waals surface area contributed by atoms with E-state index in [1.807, 2.05) is 42.5 Å². The van der Waals surface area contributed by atoms with Crippen LogP contribution in [0.2, 0.25) is 0 Å². The van der Waals surface area contributed by atoms with Gasteiger partial charge in [-0.05, 0) is 23.8 Å². The lowest BCUT2D eigenvalue weighted by Gasteiger charge is -1.92. The first-order chi connectivity index (χ1) is 8.86. The van der Waals surface area contributed by atoms with Crippen LogP contribution >= 0.6 is 0 Å². The highest BCUT2D eigenvalue weighted by molar-refractivity contribution is 6.04. The molecule has 0 radical (unpaired) electrons. The Bertz CT molecular complexity index is 556. The van der Waals surface area contributed by atoms with Gasteiger partial charge in [0.1, 0.15) is 0 Å². The van der Waals surface area contributed by atoms with Crippen molar-refractivity contribution < 1.29 is 4.79 Å². The third kappa shape index (κ3) is 3.52. The third-order valence-electron chi connectivity index (χ3n) is 2.41. The number of hydrogen-bond donors (Lipinski definition) is 0. The van der Waals surface area contributed by atoms with Crippen molar-refractivity contribution in [2.45, 2.75) is 0 Å². The normalized spacial score (nSPS) is 11.1. The molecule has 0 saturated carbocycles. The average Bonchev–Trinajstić information content (AvgIpc) is 2.45. The standard InChI is InChI=1S/C16H13NO/c18-16(15-10-12-17-13-11-15)9-5-4-8-14-6-2-1-3-7-14/h1-13H/b8-4+,9-5+. The number of allylic oxidation sites excluding steroid dienone is 3. The molecular weight excluding hydrogens is 222 g/mol. The van der Waals surface area contributed by atoms with E-state index in [2.05, 4.69) is 4.98 Å². The fourth-order valence-corrected chi connectivity index (χ4v) is 1.49. The number of ketones is 1. The zero-order valence-corrected chi connectivity index (χ0v) is 9.86. The van der Waals surface area contributed by atoms with Gasteiger partial charge < -0.3 is 0 Å². The first-order valence-electron chi connectivity index (χ1n) is 5.70. The summed E-state index contributed by atoms with van der Waals surface area (Å²) in [6.45, 7) is 0. The van der Waals surface area contributed by atoms with Gasteiger partial charge in [-0.25, -0.2) is 0 Å². The molecule has 2 heteroatoms. The molecule has 0 aliphatic heterocycles. The predicted molar refractivity (Wildman–Crippen MR) is 73.2 cm³/mol. The monoisotopic (exact) mass is 235 g/mol. The summed E-state index contributed by atoms with van der Waals surface area (Å²) in [7, 11) is 0. The van der Waals surface area contributed by atoms with Crippen LogP contribution in [0.4, 0.5) is 0 Å². The highest BCUT2D eigenvalue weighted by atomic mass is 16.1. The minimum absolute atomic E-state index is 0.0184. The molecule has 1 aromatic carbocycles. The lowest BCUT2D eigenvalue weighted by atomic mass is 10.1. The highest BCUT2D eigenvalue weighted by Crippen LogP contribution is 2.02. The Balaban J connectivity index is 1.96. The fraction of sp³-hybridized carbons (Fsp3) is 0. The summed E-state index contributed by atoms with van der Waals surface area (Å²) in [4.78, 5) is 15.6. The lowest BCUT2D eigenvalue weighted by molar-refractivity contribution is 0.104. The molecule has 0 aliphatic rings. The molecular formula is C16H13NO. The van der Waals surface area contributed by atoms with Crippen molar-refractivity contribution in [3.8, 4) is 0 Å². The van der Waals surface area contributed by atoms with Gasteiger partial charge in [-0.15, -0.1) is 0 Å². The van der Waals surface area contributed by atoms with E-state index in [9.17, 15) is 4.79 Å². The minimum Gasteiger partial charge on any atom is -0.289 e. The number of nitrogens with zero attached hydrogens (tertiary/aromatic N) is 1. The van der Waals surface area contributed by atoms with Crippen molar-refractivity contribution in [3.63, 3.8) is 0 Å². The summed E-state index contributed by atoms with van der Waals surface area (Å²) in [5.74, 6) is -0.0184. The van der Waals surface area contributed by atoms with Crippen LogP contribution in [0.1, 0.15) is 15.9 Å². The number of aromatic nitrogens is 1. The molecule has 0 atom stereocenters. The topological polar surface area (TPSA) is 30.0 Å². The van der Waals surface area contributed by atoms with E-state index >= 15 is 0 Å². The molecule has 0 saturated heterocycles. The van der Waals surface area contributed by atoms with Gasteiger partial charge in [-0.2, -0.15) is 0 Å².